The molecule has 0 radical (unpaired) electrons. The van der Waals surface area contributed by atoms with Crippen molar-refractivity contribution < 1.29 is 33.3 Å². The number of esters is 2. The predicted molar refractivity (Wildman–Crippen MR) is 84.4 cm³/mol. The van der Waals surface area contributed by atoms with E-state index >= 15 is 0 Å². The molecule has 1 unspecified atom stereocenters. The highest BCUT2D eigenvalue weighted by molar-refractivity contribution is 5.89. The number of carbonyl (C=O) groups is 3. The summed E-state index contributed by atoms with van der Waals surface area (Å²) >= 11 is 0. The number of hydrogen-bond acceptors (Lipinski definition) is 7. The van der Waals surface area contributed by atoms with Gasteiger partial charge in [-0.1, -0.05) is 27.7 Å². The molecule has 0 N–H and O–H groups in total. The fourth-order valence-electron chi connectivity index (χ4n) is 1.54. The van der Waals surface area contributed by atoms with Crippen molar-refractivity contribution in [2.45, 2.75) is 34.0 Å². The standard InChI is InChI=1S/C17H22O7/c1-10(2)14(18)23-16(11(3)4)24-17(20)22-13-8-6-12(7-9-13)15(19)21-5/h6-11,16H,1-5H3. The van der Waals surface area contributed by atoms with E-state index in [2.05, 4.69) is 4.74 Å². The van der Waals surface area contributed by atoms with E-state index in [1.165, 1.54) is 31.4 Å². The van der Waals surface area contributed by atoms with E-state index in [-0.39, 0.29) is 17.6 Å². The third-order valence-electron chi connectivity index (χ3n) is 2.94. The smallest absolute Gasteiger partial charge is 0.465 e. The molecule has 0 saturated carbocycles. The Kier molecular flexibility index (Phi) is 7.23. The molecule has 24 heavy (non-hydrogen) atoms. The highest BCUT2D eigenvalue weighted by Gasteiger charge is 2.25. The second kappa shape index (κ2) is 8.90. The molecule has 1 atom stereocenters. The van der Waals surface area contributed by atoms with Crippen LogP contribution < -0.4 is 4.74 Å². The van der Waals surface area contributed by atoms with Gasteiger partial charge in [0, 0.05) is 5.92 Å². The predicted octanol–water partition coefficient (Wildman–Crippen LogP) is 3.17. The maximum Gasteiger partial charge on any atom is 0.516 e. The minimum atomic E-state index is -1.04. The van der Waals surface area contributed by atoms with E-state index < -0.39 is 24.4 Å². The molecule has 0 aliphatic carbocycles. The van der Waals surface area contributed by atoms with E-state index in [4.69, 9.17) is 14.2 Å². The molecule has 0 amide bonds. The van der Waals surface area contributed by atoms with Crippen LogP contribution in [0, 0.1) is 11.8 Å². The number of benzene rings is 1. The average molecular weight is 338 g/mol. The maximum atomic E-state index is 11.8. The first-order chi connectivity index (χ1) is 11.2. The van der Waals surface area contributed by atoms with Gasteiger partial charge in [0.2, 0.25) is 0 Å². The Morgan fingerprint density at radius 3 is 1.96 bits per heavy atom. The van der Waals surface area contributed by atoms with Crippen LogP contribution in [0.15, 0.2) is 24.3 Å². The zero-order valence-electron chi connectivity index (χ0n) is 14.4. The van der Waals surface area contributed by atoms with Gasteiger partial charge in [-0.25, -0.2) is 9.59 Å². The van der Waals surface area contributed by atoms with Crippen molar-refractivity contribution in [3.05, 3.63) is 29.8 Å². The van der Waals surface area contributed by atoms with Crippen LogP contribution >= 0.6 is 0 Å². The average Bonchev–Trinajstić information content (AvgIpc) is 2.53. The summed E-state index contributed by atoms with van der Waals surface area (Å²) in [4.78, 5) is 34.8. The molecule has 0 aromatic heterocycles. The second-order valence-corrected chi connectivity index (χ2v) is 5.69. The van der Waals surface area contributed by atoms with Gasteiger partial charge in [-0.05, 0) is 24.3 Å². The van der Waals surface area contributed by atoms with Crippen LogP contribution in [0.2, 0.25) is 0 Å². The molecule has 0 heterocycles. The molecule has 0 aliphatic heterocycles. The SMILES string of the molecule is COC(=O)c1ccc(OC(=O)OC(OC(=O)C(C)C)C(C)C)cc1. The first-order valence-electron chi connectivity index (χ1n) is 7.52. The van der Waals surface area contributed by atoms with Gasteiger partial charge in [-0.3, -0.25) is 4.79 Å². The van der Waals surface area contributed by atoms with E-state index in [0.29, 0.717) is 5.56 Å². The van der Waals surface area contributed by atoms with Crippen LogP contribution in [-0.2, 0) is 19.0 Å². The molecule has 0 saturated heterocycles. The molecule has 0 spiro atoms. The van der Waals surface area contributed by atoms with E-state index in [1.807, 2.05) is 0 Å². The molecule has 1 aromatic rings. The molecule has 0 aliphatic rings. The quantitative estimate of drug-likeness (QED) is 0.447. The Labute approximate surface area is 140 Å². The summed E-state index contributed by atoms with van der Waals surface area (Å²) in [5, 5.41) is 0. The van der Waals surface area contributed by atoms with E-state index in [9.17, 15) is 14.4 Å². The third kappa shape index (κ3) is 5.91. The molecule has 132 valence electrons. The highest BCUT2D eigenvalue weighted by Crippen LogP contribution is 2.16. The molecule has 7 nitrogen and oxygen atoms in total. The van der Waals surface area contributed by atoms with Gasteiger partial charge in [0.1, 0.15) is 5.75 Å². The summed E-state index contributed by atoms with van der Waals surface area (Å²) in [5.41, 5.74) is 0.323. The van der Waals surface area contributed by atoms with Gasteiger partial charge >= 0.3 is 18.1 Å². The molecule has 0 fully saturated rings. The lowest BCUT2D eigenvalue weighted by atomic mass is 10.2. The van der Waals surface area contributed by atoms with Crippen LogP contribution in [-0.4, -0.2) is 31.5 Å². The second-order valence-electron chi connectivity index (χ2n) is 5.69. The largest absolute Gasteiger partial charge is 0.516 e. The van der Waals surface area contributed by atoms with Crippen LogP contribution in [0.3, 0.4) is 0 Å². The van der Waals surface area contributed by atoms with E-state index in [1.54, 1.807) is 27.7 Å². The maximum absolute atomic E-state index is 11.8. The first-order valence-corrected chi connectivity index (χ1v) is 7.52. The topological polar surface area (TPSA) is 88.1 Å². The first kappa shape index (κ1) is 19.5. The van der Waals surface area contributed by atoms with Gasteiger partial charge < -0.3 is 18.9 Å². The third-order valence-corrected chi connectivity index (χ3v) is 2.94. The van der Waals surface area contributed by atoms with Gasteiger partial charge in [0.25, 0.3) is 6.29 Å². The number of carbonyl (C=O) groups excluding carboxylic acids is 3. The Hall–Kier alpha value is -2.57. The zero-order chi connectivity index (χ0) is 18.3. The van der Waals surface area contributed by atoms with Crippen LogP contribution in [0.5, 0.6) is 5.75 Å². The fourth-order valence-corrected chi connectivity index (χ4v) is 1.54. The fraction of sp³-hybridized carbons (Fsp3) is 0.471. The van der Waals surface area contributed by atoms with Crippen molar-refractivity contribution in [1.82, 2.24) is 0 Å². The summed E-state index contributed by atoms with van der Waals surface area (Å²) in [6.07, 6.45) is -2.04. The van der Waals surface area contributed by atoms with Crippen LogP contribution in [0.25, 0.3) is 0 Å². The van der Waals surface area contributed by atoms with Gasteiger partial charge in [0.05, 0.1) is 18.6 Å². The molecule has 0 bridgehead atoms. The Morgan fingerprint density at radius 1 is 0.917 bits per heavy atom. The molecule has 1 aromatic carbocycles. The van der Waals surface area contributed by atoms with Crippen molar-refractivity contribution in [1.29, 1.82) is 0 Å². The number of hydrogen-bond donors (Lipinski definition) is 0. The van der Waals surface area contributed by atoms with Crippen molar-refractivity contribution in [2.24, 2.45) is 11.8 Å². The number of ether oxygens (including phenoxy) is 4. The molecule has 1 rings (SSSR count). The lowest BCUT2D eigenvalue weighted by Gasteiger charge is -2.21. The Balaban J connectivity index is 2.65. The van der Waals surface area contributed by atoms with Gasteiger partial charge in [0.15, 0.2) is 0 Å². The summed E-state index contributed by atoms with van der Waals surface area (Å²) < 4.78 is 19.7. The van der Waals surface area contributed by atoms with Gasteiger partial charge in [-0.2, -0.15) is 0 Å². The van der Waals surface area contributed by atoms with Crippen LogP contribution in [0.4, 0.5) is 4.79 Å². The van der Waals surface area contributed by atoms with Crippen LogP contribution in [0.1, 0.15) is 38.1 Å². The molecular weight excluding hydrogens is 316 g/mol. The Morgan fingerprint density at radius 2 is 1.50 bits per heavy atom. The minimum absolute atomic E-state index is 0.186. The highest BCUT2D eigenvalue weighted by atomic mass is 16.8. The Bertz CT molecular complexity index is 575. The van der Waals surface area contributed by atoms with Crippen molar-refractivity contribution in [3.8, 4) is 5.75 Å². The minimum Gasteiger partial charge on any atom is -0.465 e. The van der Waals surface area contributed by atoms with Crippen molar-refractivity contribution in [3.63, 3.8) is 0 Å². The monoisotopic (exact) mass is 338 g/mol. The normalized spacial score (nSPS) is 11.8. The molecular formula is C17H22O7. The number of methoxy groups -OCH3 is 1. The summed E-state index contributed by atoms with van der Waals surface area (Å²) in [6, 6.07) is 5.76. The lowest BCUT2D eigenvalue weighted by Crippen LogP contribution is -2.32. The van der Waals surface area contributed by atoms with Crippen molar-refractivity contribution >= 4 is 18.1 Å². The van der Waals surface area contributed by atoms with E-state index in [0.717, 1.165) is 0 Å². The summed E-state index contributed by atoms with van der Waals surface area (Å²) in [6.45, 7) is 6.86. The summed E-state index contributed by atoms with van der Waals surface area (Å²) in [7, 11) is 1.27. The number of rotatable bonds is 6. The molecule has 7 heteroatoms. The lowest BCUT2D eigenvalue weighted by molar-refractivity contribution is -0.180. The van der Waals surface area contributed by atoms with Gasteiger partial charge in [-0.15, -0.1) is 0 Å². The summed E-state index contributed by atoms with van der Waals surface area (Å²) in [5.74, 6) is -1.35. The zero-order valence-corrected chi connectivity index (χ0v) is 14.4. The van der Waals surface area contributed by atoms with Crippen molar-refractivity contribution in [2.75, 3.05) is 7.11 Å².